The van der Waals surface area contributed by atoms with Crippen LogP contribution in [0.4, 0.5) is 5.69 Å². The summed E-state index contributed by atoms with van der Waals surface area (Å²) in [5.41, 5.74) is 0.0231. The third kappa shape index (κ3) is 3.08. The molecule has 0 aliphatic carbocycles. The van der Waals surface area contributed by atoms with E-state index in [2.05, 4.69) is 21.2 Å². The first-order valence-corrected chi connectivity index (χ1v) is 6.27. The third-order valence-corrected chi connectivity index (χ3v) is 3.12. The maximum atomic E-state index is 12.2. The lowest BCUT2D eigenvalue weighted by molar-refractivity contribution is -0.385. The van der Waals surface area contributed by atoms with E-state index in [1.807, 2.05) is 0 Å². The Balaban J connectivity index is 2.28. The smallest absolute Gasteiger partial charge is 0.271 e. The lowest BCUT2D eigenvalue weighted by atomic mass is 10.1. The second kappa shape index (κ2) is 5.35. The summed E-state index contributed by atoms with van der Waals surface area (Å²) in [7, 11) is 0. The van der Waals surface area contributed by atoms with Gasteiger partial charge in [-0.15, -0.1) is 0 Å². The molecular formula is C11H10BrN3O4. The van der Waals surface area contributed by atoms with Gasteiger partial charge in [0.1, 0.15) is 0 Å². The van der Waals surface area contributed by atoms with Crippen LogP contribution in [0.5, 0.6) is 0 Å². The van der Waals surface area contributed by atoms with Gasteiger partial charge in [-0.2, -0.15) is 0 Å². The van der Waals surface area contributed by atoms with Crippen molar-refractivity contribution < 1.29 is 14.5 Å². The molecule has 2 amide bonds. The van der Waals surface area contributed by atoms with Crippen molar-refractivity contribution in [3.8, 4) is 0 Å². The van der Waals surface area contributed by atoms with E-state index in [1.54, 1.807) is 0 Å². The van der Waals surface area contributed by atoms with Crippen LogP contribution in [0.25, 0.3) is 0 Å². The van der Waals surface area contributed by atoms with Crippen LogP contribution in [0.2, 0.25) is 0 Å². The van der Waals surface area contributed by atoms with Crippen LogP contribution in [0, 0.1) is 10.1 Å². The zero-order chi connectivity index (χ0) is 14.0. The van der Waals surface area contributed by atoms with Gasteiger partial charge < -0.3 is 10.2 Å². The average Bonchev–Trinajstić information content (AvgIpc) is 2.37. The summed E-state index contributed by atoms with van der Waals surface area (Å²) in [6.07, 6.45) is 0. The number of rotatable bonds is 2. The molecule has 0 aromatic heterocycles. The summed E-state index contributed by atoms with van der Waals surface area (Å²) in [5, 5.41) is 13.4. The molecule has 0 radical (unpaired) electrons. The maximum absolute atomic E-state index is 12.2. The Bertz CT molecular complexity index is 561. The number of nitrogens with zero attached hydrogens (tertiary/aromatic N) is 2. The van der Waals surface area contributed by atoms with Gasteiger partial charge in [0.05, 0.1) is 11.5 Å². The summed E-state index contributed by atoms with van der Waals surface area (Å²) < 4.78 is 0.450. The molecule has 100 valence electrons. The molecule has 1 heterocycles. The molecular weight excluding hydrogens is 318 g/mol. The number of carbonyl (C=O) groups excluding carboxylic acids is 2. The van der Waals surface area contributed by atoms with E-state index in [9.17, 15) is 19.7 Å². The number of non-ortho nitro benzene ring substituents is 1. The standard InChI is InChI=1S/C11H10BrN3O4/c12-8-3-7(4-9(5-8)15(18)19)11(17)14-2-1-13-10(16)6-14/h3-5H,1-2,6H2,(H,13,16). The molecule has 0 unspecified atom stereocenters. The highest BCUT2D eigenvalue weighted by molar-refractivity contribution is 9.10. The van der Waals surface area contributed by atoms with Crippen molar-refractivity contribution in [2.24, 2.45) is 0 Å². The normalized spacial score (nSPS) is 15.0. The quantitative estimate of drug-likeness (QED) is 0.646. The summed E-state index contributed by atoms with van der Waals surface area (Å²) >= 11 is 3.13. The van der Waals surface area contributed by atoms with Gasteiger partial charge in [0.15, 0.2) is 0 Å². The minimum absolute atomic E-state index is 0.0286. The number of amides is 2. The van der Waals surface area contributed by atoms with Crippen molar-refractivity contribution in [2.75, 3.05) is 19.6 Å². The minimum atomic E-state index is -0.565. The second-order valence-electron chi connectivity index (χ2n) is 4.03. The monoisotopic (exact) mass is 327 g/mol. The summed E-state index contributed by atoms with van der Waals surface area (Å²) in [5.74, 6) is -0.622. The Morgan fingerprint density at radius 1 is 1.42 bits per heavy atom. The van der Waals surface area contributed by atoms with Gasteiger partial charge in [0.2, 0.25) is 5.91 Å². The average molecular weight is 328 g/mol. The van der Waals surface area contributed by atoms with E-state index in [4.69, 9.17) is 0 Å². The van der Waals surface area contributed by atoms with Crippen molar-refractivity contribution >= 4 is 33.4 Å². The Morgan fingerprint density at radius 2 is 2.16 bits per heavy atom. The van der Waals surface area contributed by atoms with Crippen LogP contribution in [-0.2, 0) is 4.79 Å². The molecule has 7 nitrogen and oxygen atoms in total. The fourth-order valence-corrected chi connectivity index (χ4v) is 2.28. The summed E-state index contributed by atoms with van der Waals surface area (Å²) in [6.45, 7) is 0.755. The maximum Gasteiger partial charge on any atom is 0.271 e. The predicted molar refractivity (Wildman–Crippen MR) is 69.7 cm³/mol. The lowest BCUT2D eigenvalue weighted by Gasteiger charge is -2.26. The topological polar surface area (TPSA) is 92.5 Å². The molecule has 1 aliphatic heterocycles. The molecule has 1 aromatic carbocycles. The largest absolute Gasteiger partial charge is 0.353 e. The molecule has 1 N–H and O–H groups in total. The minimum Gasteiger partial charge on any atom is -0.353 e. The van der Waals surface area contributed by atoms with Gasteiger partial charge in [0.25, 0.3) is 11.6 Å². The number of piperazine rings is 1. The second-order valence-corrected chi connectivity index (χ2v) is 4.95. The van der Waals surface area contributed by atoms with Gasteiger partial charge in [-0.3, -0.25) is 19.7 Å². The highest BCUT2D eigenvalue weighted by atomic mass is 79.9. The third-order valence-electron chi connectivity index (χ3n) is 2.67. The fourth-order valence-electron chi connectivity index (χ4n) is 1.80. The van der Waals surface area contributed by atoms with Gasteiger partial charge in [0, 0.05) is 35.3 Å². The number of carbonyl (C=O) groups is 2. The van der Waals surface area contributed by atoms with Gasteiger partial charge in [-0.1, -0.05) is 15.9 Å². The van der Waals surface area contributed by atoms with E-state index in [0.717, 1.165) is 0 Å². The van der Waals surface area contributed by atoms with Crippen molar-refractivity contribution in [3.05, 3.63) is 38.3 Å². The van der Waals surface area contributed by atoms with Gasteiger partial charge in [-0.05, 0) is 6.07 Å². The molecule has 1 aliphatic rings. The first-order valence-electron chi connectivity index (χ1n) is 5.48. The van der Waals surface area contributed by atoms with Crippen LogP contribution in [-0.4, -0.2) is 41.3 Å². The number of hydrogen-bond donors (Lipinski definition) is 1. The SMILES string of the molecule is O=C1CN(C(=O)c2cc(Br)cc([N+](=O)[O-])c2)CCN1. The van der Waals surface area contributed by atoms with E-state index in [0.29, 0.717) is 17.6 Å². The summed E-state index contributed by atoms with van der Waals surface area (Å²) in [4.78, 5) is 35.0. The van der Waals surface area contributed by atoms with E-state index in [1.165, 1.54) is 23.1 Å². The molecule has 0 atom stereocenters. The molecule has 0 bridgehead atoms. The van der Waals surface area contributed by atoms with Crippen LogP contribution in [0.3, 0.4) is 0 Å². The van der Waals surface area contributed by atoms with Crippen molar-refractivity contribution in [2.45, 2.75) is 0 Å². The van der Waals surface area contributed by atoms with Gasteiger partial charge >= 0.3 is 0 Å². The first-order chi connectivity index (χ1) is 8.97. The zero-order valence-corrected chi connectivity index (χ0v) is 11.3. The number of nitro benzene ring substituents is 1. The Kier molecular flexibility index (Phi) is 3.79. The number of hydrogen-bond acceptors (Lipinski definition) is 4. The Morgan fingerprint density at radius 3 is 2.79 bits per heavy atom. The Hall–Kier alpha value is -1.96. The molecule has 2 rings (SSSR count). The van der Waals surface area contributed by atoms with Crippen LogP contribution in [0.1, 0.15) is 10.4 Å². The fraction of sp³-hybridized carbons (Fsp3) is 0.273. The van der Waals surface area contributed by atoms with E-state index in [-0.39, 0.29) is 29.6 Å². The zero-order valence-electron chi connectivity index (χ0n) is 9.76. The number of nitro groups is 1. The molecule has 1 fully saturated rings. The number of nitrogens with one attached hydrogen (secondary N) is 1. The van der Waals surface area contributed by atoms with Crippen molar-refractivity contribution in [1.29, 1.82) is 0 Å². The first kappa shape index (κ1) is 13.5. The van der Waals surface area contributed by atoms with Crippen LogP contribution < -0.4 is 5.32 Å². The Labute approximate surface area is 116 Å². The highest BCUT2D eigenvalue weighted by Gasteiger charge is 2.23. The number of halogens is 1. The van der Waals surface area contributed by atoms with Crippen LogP contribution in [0.15, 0.2) is 22.7 Å². The molecule has 8 heteroatoms. The van der Waals surface area contributed by atoms with Crippen molar-refractivity contribution in [3.63, 3.8) is 0 Å². The van der Waals surface area contributed by atoms with Crippen LogP contribution >= 0.6 is 15.9 Å². The molecule has 0 saturated carbocycles. The molecule has 19 heavy (non-hydrogen) atoms. The molecule has 1 aromatic rings. The van der Waals surface area contributed by atoms with E-state index >= 15 is 0 Å². The molecule has 0 spiro atoms. The predicted octanol–water partition coefficient (Wildman–Crippen LogP) is 0.929. The highest BCUT2D eigenvalue weighted by Crippen LogP contribution is 2.22. The summed E-state index contributed by atoms with van der Waals surface area (Å²) in [6, 6.07) is 4.03. The lowest BCUT2D eigenvalue weighted by Crippen LogP contribution is -2.49. The van der Waals surface area contributed by atoms with Gasteiger partial charge in [-0.25, -0.2) is 0 Å². The molecule has 1 saturated heterocycles. The van der Waals surface area contributed by atoms with Crippen molar-refractivity contribution in [1.82, 2.24) is 10.2 Å². The van der Waals surface area contributed by atoms with E-state index < -0.39 is 4.92 Å². The number of benzene rings is 1.